The second-order valence-corrected chi connectivity index (χ2v) is 8.80. The summed E-state index contributed by atoms with van der Waals surface area (Å²) in [5.41, 5.74) is 0. The molecule has 1 heterocycles. The maximum Gasteiger partial charge on any atom is 0.0322 e. The molecule has 0 aromatic carbocycles. The van der Waals surface area contributed by atoms with Crippen LogP contribution in [0.2, 0.25) is 0 Å². The normalized spacial score (nSPS) is 38.1. The van der Waals surface area contributed by atoms with Crippen molar-refractivity contribution in [2.75, 3.05) is 18.6 Å². The summed E-state index contributed by atoms with van der Waals surface area (Å²) in [6, 6.07) is 0.747. The zero-order chi connectivity index (χ0) is 13.7. The van der Waals surface area contributed by atoms with Crippen molar-refractivity contribution < 1.29 is 0 Å². The second kappa shape index (κ2) is 8.19. The van der Waals surface area contributed by atoms with Crippen LogP contribution in [-0.2, 0) is 0 Å². The van der Waals surface area contributed by atoms with Crippen LogP contribution in [0.1, 0.15) is 52.4 Å². The fourth-order valence-electron chi connectivity index (χ4n) is 3.97. The maximum atomic E-state index is 3.72. The third-order valence-electron chi connectivity index (χ3n) is 5.09. The molecule has 2 rings (SSSR count). The average molecular weight is 302 g/mol. The van der Waals surface area contributed by atoms with Gasteiger partial charge < -0.3 is 5.32 Å². The number of rotatable bonds is 5. The molecule has 0 radical (unpaired) electrons. The fourth-order valence-corrected chi connectivity index (χ4v) is 7.35. The van der Waals surface area contributed by atoms with Gasteiger partial charge in [0.15, 0.2) is 0 Å². The molecule has 3 heteroatoms. The van der Waals surface area contributed by atoms with Crippen LogP contribution in [0.25, 0.3) is 0 Å². The van der Waals surface area contributed by atoms with Gasteiger partial charge in [0.25, 0.3) is 0 Å². The van der Waals surface area contributed by atoms with Gasteiger partial charge in [0.05, 0.1) is 0 Å². The van der Waals surface area contributed by atoms with E-state index in [1.165, 1.54) is 50.0 Å². The largest absolute Gasteiger partial charge is 0.316 e. The Hall–Kier alpha value is 0.660. The van der Waals surface area contributed by atoms with Crippen LogP contribution in [0.4, 0.5) is 0 Å². The third kappa shape index (κ3) is 4.07. The zero-order valence-corrected chi connectivity index (χ0v) is 14.5. The lowest BCUT2D eigenvalue weighted by Crippen LogP contribution is -2.49. The zero-order valence-electron chi connectivity index (χ0n) is 12.9. The van der Waals surface area contributed by atoms with Crippen molar-refractivity contribution in [3.63, 3.8) is 0 Å². The molecule has 1 nitrogen and oxygen atoms in total. The van der Waals surface area contributed by atoms with Crippen molar-refractivity contribution in [3.05, 3.63) is 0 Å². The molecule has 1 aliphatic carbocycles. The molecule has 2 fully saturated rings. The Morgan fingerprint density at radius 2 is 1.89 bits per heavy atom. The lowest BCUT2D eigenvalue weighted by Gasteiger charge is -2.42. The van der Waals surface area contributed by atoms with Crippen molar-refractivity contribution >= 4 is 23.5 Å². The predicted molar refractivity (Wildman–Crippen MR) is 91.4 cm³/mol. The third-order valence-corrected chi connectivity index (χ3v) is 8.46. The average Bonchev–Trinajstić information content (AvgIpc) is 2.49. The van der Waals surface area contributed by atoms with Crippen molar-refractivity contribution in [2.24, 2.45) is 11.8 Å². The molecule has 112 valence electrons. The summed E-state index contributed by atoms with van der Waals surface area (Å²) in [5, 5.41) is 5.43. The van der Waals surface area contributed by atoms with Crippen molar-refractivity contribution in [1.29, 1.82) is 0 Å². The van der Waals surface area contributed by atoms with Crippen molar-refractivity contribution in [2.45, 2.75) is 68.9 Å². The summed E-state index contributed by atoms with van der Waals surface area (Å²) >= 11 is 4.47. The lowest BCUT2D eigenvalue weighted by molar-refractivity contribution is 0.209. The van der Waals surface area contributed by atoms with Gasteiger partial charge in [-0.1, -0.05) is 33.1 Å². The molecule has 0 aromatic heterocycles. The van der Waals surface area contributed by atoms with Crippen LogP contribution >= 0.6 is 23.5 Å². The Morgan fingerprint density at radius 1 is 1.11 bits per heavy atom. The first kappa shape index (κ1) is 16.0. The Balaban J connectivity index is 2.00. The second-order valence-electron chi connectivity index (χ2n) is 6.17. The molecule has 19 heavy (non-hydrogen) atoms. The van der Waals surface area contributed by atoms with E-state index in [9.17, 15) is 0 Å². The number of thioether (sulfide) groups is 2. The van der Waals surface area contributed by atoms with Crippen LogP contribution in [-0.4, -0.2) is 35.1 Å². The molecule has 0 bridgehead atoms. The SMILES string of the molecule is CCC1CCCC(C(NC)C2SCCSC2CC)C1. The predicted octanol–water partition coefficient (Wildman–Crippen LogP) is 4.42. The molecule has 1 saturated heterocycles. The monoisotopic (exact) mass is 301 g/mol. The molecule has 0 amide bonds. The summed E-state index contributed by atoms with van der Waals surface area (Å²) in [6.07, 6.45) is 8.59. The van der Waals surface area contributed by atoms with Gasteiger partial charge in [0.1, 0.15) is 0 Å². The van der Waals surface area contributed by atoms with E-state index < -0.39 is 0 Å². The fraction of sp³-hybridized carbons (Fsp3) is 1.00. The van der Waals surface area contributed by atoms with E-state index in [0.29, 0.717) is 0 Å². The van der Waals surface area contributed by atoms with E-state index in [1.807, 2.05) is 0 Å². The standard InChI is InChI=1S/C16H31NS2/c1-4-12-7-6-8-13(11-12)15(17-3)16-14(5-2)18-9-10-19-16/h12-17H,4-11H2,1-3H3. The van der Waals surface area contributed by atoms with Gasteiger partial charge >= 0.3 is 0 Å². The van der Waals surface area contributed by atoms with E-state index in [1.54, 1.807) is 0 Å². The van der Waals surface area contributed by atoms with Gasteiger partial charge in [-0.2, -0.15) is 23.5 Å². The van der Waals surface area contributed by atoms with Crippen molar-refractivity contribution in [1.82, 2.24) is 5.32 Å². The minimum Gasteiger partial charge on any atom is -0.316 e. The van der Waals surface area contributed by atoms with E-state index in [0.717, 1.165) is 28.4 Å². The highest BCUT2D eigenvalue weighted by atomic mass is 32.2. The highest BCUT2D eigenvalue weighted by molar-refractivity contribution is 8.07. The highest BCUT2D eigenvalue weighted by Gasteiger charge is 2.37. The van der Waals surface area contributed by atoms with Crippen LogP contribution in [0, 0.1) is 11.8 Å². The Bertz CT molecular complexity index is 259. The van der Waals surface area contributed by atoms with Crippen LogP contribution < -0.4 is 5.32 Å². The quantitative estimate of drug-likeness (QED) is 0.807. The van der Waals surface area contributed by atoms with Crippen molar-refractivity contribution in [3.8, 4) is 0 Å². The molecule has 0 aromatic rings. The molecule has 1 aliphatic heterocycles. The molecular formula is C16H31NS2. The van der Waals surface area contributed by atoms with E-state index >= 15 is 0 Å². The molecule has 5 atom stereocenters. The van der Waals surface area contributed by atoms with Crippen LogP contribution in [0.15, 0.2) is 0 Å². The summed E-state index contributed by atoms with van der Waals surface area (Å²) in [5.74, 6) is 4.64. The molecule has 1 saturated carbocycles. The van der Waals surface area contributed by atoms with E-state index in [4.69, 9.17) is 0 Å². The summed E-state index contributed by atoms with van der Waals surface area (Å²) in [6.45, 7) is 4.75. The van der Waals surface area contributed by atoms with Gasteiger partial charge in [-0.05, 0) is 38.1 Å². The summed E-state index contributed by atoms with van der Waals surface area (Å²) in [7, 11) is 2.20. The molecule has 0 spiro atoms. The maximum absolute atomic E-state index is 3.72. The number of nitrogens with one attached hydrogen (secondary N) is 1. The Kier molecular flexibility index (Phi) is 6.91. The first-order valence-corrected chi connectivity index (χ1v) is 10.3. The molecule has 2 aliphatic rings. The van der Waals surface area contributed by atoms with Gasteiger partial charge in [0, 0.05) is 28.0 Å². The molecular weight excluding hydrogens is 270 g/mol. The van der Waals surface area contributed by atoms with Crippen LogP contribution in [0.3, 0.4) is 0 Å². The minimum atomic E-state index is 0.747. The lowest BCUT2D eigenvalue weighted by atomic mass is 9.75. The smallest absolute Gasteiger partial charge is 0.0322 e. The topological polar surface area (TPSA) is 12.0 Å². The summed E-state index contributed by atoms with van der Waals surface area (Å²) < 4.78 is 0. The highest BCUT2D eigenvalue weighted by Crippen LogP contribution is 2.41. The summed E-state index contributed by atoms with van der Waals surface area (Å²) in [4.78, 5) is 0. The minimum absolute atomic E-state index is 0.747. The van der Waals surface area contributed by atoms with E-state index in [-0.39, 0.29) is 0 Å². The van der Waals surface area contributed by atoms with Gasteiger partial charge in [-0.25, -0.2) is 0 Å². The van der Waals surface area contributed by atoms with Gasteiger partial charge in [0.2, 0.25) is 0 Å². The molecule has 1 N–H and O–H groups in total. The van der Waals surface area contributed by atoms with Gasteiger partial charge in [-0.15, -0.1) is 0 Å². The van der Waals surface area contributed by atoms with E-state index in [2.05, 4.69) is 49.7 Å². The Morgan fingerprint density at radius 3 is 2.58 bits per heavy atom. The van der Waals surface area contributed by atoms with Crippen LogP contribution in [0.5, 0.6) is 0 Å². The van der Waals surface area contributed by atoms with Gasteiger partial charge in [-0.3, -0.25) is 0 Å². The Labute approximate surface area is 128 Å². The number of hydrogen-bond donors (Lipinski definition) is 1. The first-order valence-electron chi connectivity index (χ1n) is 8.20. The number of hydrogen-bond acceptors (Lipinski definition) is 3. The molecule has 5 unspecified atom stereocenters. The first-order chi connectivity index (χ1) is 9.30.